The second-order valence-corrected chi connectivity index (χ2v) is 11.5. The highest BCUT2D eigenvalue weighted by atomic mass is 32.2. The van der Waals surface area contributed by atoms with Crippen molar-refractivity contribution in [1.29, 1.82) is 0 Å². The first-order valence-corrected chi connectivity index (χ1v) is 14.4. The van der Waals surface area contributed by atoms with E-state index in [2.05, 4.69) is 31.6 Å². The molecule has 4 aliphatic rings. The molecule has 1 aromatic carbocycles. The highest BCUT2D eigenvalue weighted by Gasteiger charge is 2.52. The van der Waals surface area contributed by atoms with Gasteiger partial charge in [0.1, 0.15) is 0 Å². The second kappa shape index (κ2) is 11.0. The lowest BCUT2D eigenvalue weighted by Gasteiger charge is -2.45. The van der Waals surface area contributed by atoms with Crippen molar-refractivity contribution >= 4 is 35.3 Å². The van der Waals surface area contributed by atoms with E-state index >= 15 is 0 Å². The Labute approximate surface area is 231 Å². The third-order valence-corrected chi connectivity index (χ3v) is 9.31. The van der Waals surface area contributed by atoms with Crippen LogP contribution in [-0.4, -0.2) is 66.5 Å². The molecule has 1 saturated carbocycles. The molecule has 0 spiro atoms. The van der Waals surface area contributed by atoms with E-state index in [9.17, 15) is 14.4 Å². The number of likely N-dealkylation sites (N-methyl/N-ethyl adjacent to an activating group) is 1. The van der Waals surface area contributed by atoms with Crippen molar-refractivity contribution in [2.24, 2.45) is 5.92 Å². The number of hydrogen-bond donors (Lipinski definition) is 5. The van der Waals surface area contributed by atoms with Gasteiger partial charge in [0.25, 0.3) is 5.91 Å². The maximum absolute atomic E-state index is 13.6. The highest BCUT2D eigenvalue weighted by Crippen LogP contribution is 2.48. The topological polar surface area (TPSA) is 127 Å². The van der Waals surface area contributed by atoms with Crippen molar-refractivity contribution in [1.82, 2.24) is 31.6 Å². The molecule has 3 fully saturated rings. The Morgan fingerprint density at radius 2 is 1.90 bits per heavy atom. The number of aromatic nitrogens is 1. The largest absolute Gasteiger partial charge is 0.350 e. The van der Waals surface area contributed by atoms with Crippen molar-refractivity contribution in [3.05, 3.63) is 59.3 Å². The maximum atomic E-state index is 13.6. The zero-order valence-corrected chi connectivity index (χ0v) is 22.6. The minimum atomic E-state index is -0.233. The van der Waals surface area contributed by atoms with E-state index < -0.39 is 0 Å². The Morgan fingerprint density at radius 1 is 1.10 bits per heavy atom. The fourth-order valence-electron chi connectivity index (χ4n) is 6.22. The van der Waals surface area contributed by atoms with Gasteiger partial charge in [-0.15, -0.1) is 0 Å². The molecule has 6 rings (SSSR count). The Balaban J connectivity index is 1.23. The van der Waals surface area contributed by atoms with Gasteiger partial charge in [-0.1, -0.05) is 42.1 Å². The van der Waals surface area contributed by atoms with Gasteiger partial charge in [-0.3, -0.25) is 19.5 Å². The van der Waals surface area contributed by atoms with Crippen LogP contribution in [0.3, 0.4) is 0 Å². The lowest BCUT2D eigenvalue weighted by Crippen LogP contribution is -2.62. The van der Waals surface area contributed by atoms with Crippen LogP contribution in [0, 0.1) is 5.92 Å². The lowest BCUT2D eigenvalue weighted by molar-refractivity contribution is -0.122. The minimum Gasteiger partial charge on any atom is -0.350 e. The van der Waals surface area contributed by atoms with Crippen LogP contribution in [0.15, 0.2) is 59.3 Å². The Hall–Kier alpha value is -3.41. The summed E-state index contributed by atoms with van der Waals surface area (Å²) in [6, 6.07) is 13.2. The molecule has 1 aromatic heterocycles. The number of thioether (sulfide) groups is 1. The van der Waals surface area contributed by atoms with Crippen molar-refractivity contribution in [3.8, 4) is 11.3 Å². The van der Waals surface area contributed by atoms with Crippen LogP contribution < -0.4 is 31.5 Å². The molecule has 3 aliphatic heterocycles. The lowest BCUT2D eigenvalue weighted by atomic mass is 9.86. The van der Waals surface area contributed by atoms with Crippen molar-refractivity contribution in [2.75, 3.05) is 25.0 Å². The number of anilines is 1. The first-order chi connectivity index (χ1) is 19.0. The number of carbonyl (C=O) groups is 3. The number of benzene rings is 1. The number of pyridine rings is 1. The molecule has 5 N–H and O–H groups in total. The zero-order chi connectivity index (χ0) is 26.9. The number of urea groups is 1. The van der Waals surface area contributed by atoms with Crippen LogP contribution in [0.2, 0.25) is 0 Å². The summed E-state index contributed by atoms with van der Waals surface area (Å²) in [5.74, 6) is -0.302. The van der Waals surface area contributed by atoms with E-state index in [1.807, 2.05) is 47.4 Å². The molecule has 0 bridgehead atoms. The van der Waals surface area contributed by atoms with Gasteiger partial charge in [-0.25, -0.2) is 4.79 Å². The molecule has 2 saturated heterocycles. The summed E-state index contributed by atoms with van der Waals surface area (Å²) in [6.45, 7) is 0.995. The third kappa shape index (κ3) is 5.02. The van der Waals surface area contributed by atoms with Crippen LogP contribution in [0.5, 0.6) is 0 Å². The second-order valence-electron chi connectivity index (χ2n) is 10.4. The van der Waals surface area contributed by atoms with E-state index in [1.54, 1.807) is 13.2 Å². The van der Waals surface area contributed by atoms with E-state index in [1.165, 1.54) is 11.8 Å². The number of piperidine rings is 1. The van der Waals surface area contributed by atoms with E-state index in [-0.39, 0.29) is 53.8 Å². The first-order valence-electron chi connectivity index (χ1n) is 13.5. The van der Waals surface area contributed by atoms with Gasteiger partial charge in [0.2, 0.25) is 5.91 Å². The Morgan fingerprint density at radius 3 is 2.69 bits per heavy atom. The van der Waals surface area contributed by atoms with Crippen LogP contribution in [-0.2, 0) is 9.59 Å². The molecular weight excluding hydrogens is 514 g/mol. The van der Waals surface area contributed by atoms with E-state index in [4.69, 9.17) is 0 Å². The van der Waals surface area contributed by atoms with Crippen molar-refractivity contribution in [3.63, 3.8) is 0 Å². The normalized spacial score (nSPS) is 27.7. The molecule has 3 unspecified atom stereocenters. The first kappa shape index (κ1) is 25.8. The van der Waals surface area contributed by atoms with E-state index in [0.717, 1.165) is 49.2 Å². The van der Waals surface area contributed by atoms with Gasteiger partial charge < -0.3 is 26.6 Å². The summed E-state index contributed by atoms with van der Waals surface area (Å²) in [5, 5.41) is 15.7. The summed E-state index contributed by atoms with van der Waals surface area (Å²) in [5.41, 5.74) is 3.29. The Bertz CT molecular complexity index is 1300. The number of rotatable bonds is 7. The quantitative estimate of drug-likeness (QED) is 0.358. The number of amides is 4. The predicted octanol–water partition coefficient (Wildman–Crippen LogP) is 1.91. The molecule has 5 atom stereocenters. The van der Waals surface area contributed by atoms with Crippen LogP contribution in [0.25, 0.3) is 11.3 Å². The molecule has 4 amide bonds. The summed E-state index contributed by atoms with van der Waals surface area (Å²) in [7, 11) is 1.73. The molecule has 204 valence electrons. The number of nitrogens with zero attached hydrogens (tertiary/aromatic N) is 2. The van der Waals surface area contributed by atoms with Gasteiger partial charge in [0.15, 0.2) is 0 Å². The molecule has 0 radical (unpaired) electrons. The summed E-state index contributed by atoms with van der Waals surface area (Å²) >= 11 is 1.49. The molecule has 2 aromatic rings. The Kier molecular flexibility index (Phi) is 7.28. The smallest absolute Gasteiger partial charge is 0.326 e. The van der Waals surface area contributed by atoms with E-state index in [0.29, 0.717) is 10.6 Å². The predicted molar refractivity (Wildman–Crippen MR) is 151 cm³/mol. The zero-order valence-electron chi connectivity index (χ0n) is 21.8. The molecular formula is C28H33N7O3S. The molecule has 1 aliphatic carbocycles. The maximum Gasteiger partial charge on any atom is 0.326 e. The van der Waals surface area contributed by atoms with Gasteiger partial charge in [0.05, 0.1) is 28.6 Å². The monoisotopic (exact) mass is 547 g/mol. The third-order valence-electron chi connectivity index (χ3n) is 7.95. The van der Waals surface area contributed by atoms with Gasteiger partial charge in [0, 0.05) is 41.1 Å². The average molecular weight is 548 g/mol. The standard InChI is InChI=1S/C28H33N7O3S/c1-29-15-22(36)32-18-8-5-9-19(18)33-26(37)25-24-23-21(11-13-31-27(23)39-25)35(28(38)34-24)17-10-12-30-20(14-17)16-6-3-2-4-7-16/h2-4,6-7,10,12,14,18-19,21,23,27,29,31H,5,8-9,11,13,15H2,1H3,(H,32,36)(H,33,37)(H,34,38)/t18-,19+,21?,23?,27?/m1/s1. The van der Waals surface area contributed by atoms with Crippen molar-refractivity contribution < 1.29 is 14.4 Å². The van der Waals surface area contributed by atoms with Crippen LogP contribution >= 0.6 is 11.8 Å². The van der Waals surface area contributed by atoms with Crippen LogP contribution in [0.4, 0.5) is 10.5 Å². The number of hydrogen-bond acceptors (Lipinski definition) is 7. The number of carbonyl (C=O) groups excluding carboxylic acids is 3. The van der Waals surface area contributed by atoms with Crippen molar-refractivity contribution in [2.45, 2.75) is 49.2 Å². The van der Waals surface area contributed by atoms with Gasteiger partial charge in [-0.05, 0) is 51.4 Å². The fraction of sp³-hybridized carbons (Fsp3) is 0.429. The minimum absolute atomic E-state index is 0.00672. The average Bonchev–Trinajstić information content (AvgIpc) is 3.54. The van der Waals surface area contributed by atoms with Crippen LogP contribution in [0.1, 0.15) is 25.7 Å². The summed E-state index contributed by atoms with van der Waals surface area (Å²) in [6.07, 6.45) is 5.09. The number of nitrogens with one attached hydrogen (secondary N) is 5. The van der Waals surface area contributed by atoms with Gasteiger partial charge >= 0.3 is 6.03 Å². The molecule has 11 heteroatoms. The molecule has 4 heterocycles. The summed E-state index contributed by atoms with van der Waals surface area (Å²) in [4.78, 5) is 46.2. The molecule has 10 nitrogen and oxygen atoms in total. The fourth-order valence-corrected chi connectivity index (χ4v) is 7.62. The van der Waals surface area contributed by atoms with Gasteiger partial charge in [-0.2, -0.15) is 0 Å². The summed E-state index contributed by atoms with van der Waals surface area (Å²) < 4.78 is 0. The SMILES string of the molecule is CNCC(=O)N[C@@H]1CCC[C@@H]1NC(=O)C1=C2NC(=O)N(c3ccnc(-c4ccccc4)c3)C3CCNC(S1)C23. The molecule has 39 heavy (non-hydrogen) atoms. The highest BCUT2D eigenvalue weighted by molar-refractivity contribution is 8.04.